The number of rotatable bonds is 4. The minimum absolute atomic E-state index is 0.115. The van der Waals surface area contributed by atoms with Crippen molar-refractivity contribution in [2.45, 2.75) is 40.0 Å². The minimum Gasteiger partial charge on any atom is -0.469 e. The average Bonchev–Trinajstić information content (AvgIpc) is 2.83. The van der Waals surface area contributed by atoms with Crippen LogP contribution in [0.1, 0.15) is 35.1 Å². The van der Waals surface area contributed by atoms with E-state index in [1.54, 1.807) is 0 Å². The molecule has 2 atom stereocenters. The number of allylic oxidation sites excluding steroid dienone is 1. The summed E-state index contributed by atoms with van der Waals surface area (Å²) in [4.78, 5) is 24.6. The molecule has 1 aromatic rings. The SMILES string of the molecule is C=C1C[C@H](C(=O)Cc2c(C)cc(C)cc2C)[C@H](C(=O)OC)C1. The molecule has 0 spiro atoms. The molecule has 1 aromatic carbocycles. The maximum atomic E-state index is 12.7. The molecular weight excluding hydrogens is 276 g/mol. The lowest BCUT2D eigenvalue weighted by molar-refractivity contribution is -0.148. The third-order valence-electron chi connectivity index (χ3n) is 4.61. The highest BCUT2D eigenvalue weighted by molar-refractivity contribution is 5.90. The zero-order chi connectivity index (χ0) is 16.4. The number of Topliss-reactive ketones (excluding diaryl/α,β-unsaturated/α-hetero) is 1. The number of ketones is 1. The van der Waals surface area contributed by atoms with Gasteiger partial charge in [0.15, 0.2) is 0 Å². The van der Waals surface area contributed by atoms with Gasteiger partial charge in [0.25, 0.3) is 0 Å². The van der Waals surface area contributed by atoms with Crippen molar-refractivity contribution in [1.82, 2.24) is 0 Å². The van der Waals surface area contributed by atoms with Crippen LogP contribution in [0.2, 0.25) is 0 Å². The van der Waals surface area contributed by atoms with Crippen molar-refractivity contribution in [1.29, 1.82) is 0 Å². The molecule has 1 aliphatic carbocycles. The first-order chi connectivity index (χ1) is 10.3. The van der Waals surface area contributed by atoms with Gasteiger partial charge in [-0.2, -0.15) is 0 Å². The van der Waals surface area contributed by atoms with Crippen molar-refractivity contribution in [2.24, 2.45) is 11.8 Å². The van der Waals surface area contributed by atoms with E-state index in [4.69, 9.17) is 4.74 Å². The quantitative estimate of drug-likeness (QED) is 0.631. The van der Waals surface area contributed by atoms with E-state index in [0.29, 0.717) is 19.3 Å². The lowest BCUT2D eigenvalue weighted by Crippen LogP contribution is -2.28. The van der Waals surface area contributed by atoms with Gasteiger partial charge in [0.2, 0.25) is 0 Å². The molecule has 22 heavy (non-hydrogen) atoms. The number of methoxy groups -OCH3 is 1. The Bertz CT molecular complexity index is 605. The van der Waals surface area contributed by atoms with Gasteiger partial charge < -0.3 is 4.74 Å². The lowest BCUT2D eigenvalue weighted by Gasteiger charge is -2.17. The van der Waals surface area contributed by atoms with Gasteiger partial charge in [-0.1, -0.05) is 29.8 Å². The second kappa shape index (κ2) is 6.47. The van der Waals surface area contributed by atoms with E-state index in [-0.39, 0.29) is 23.6 Å². The average molecular weight is 300 g/mol. The van der Waals surface area contributed by atoms with Crippen molar-refractivity contribution in [3.05, 3.63) is 46.5 Å². The first kappa shape index (κ1) is 16.5. The highest BCUT2D eigenvalue weighted by Crippen LogP contribution is 2.37. The van der Waals surface area contributed by atoms with Crippen LogP contribution >= 0.6 is 0 Å². The van der Waals surface area contributed by atoms with Crippen LogP contribution in [0.3, 0.4) is 0 Å². The van der Waals surface area contributed by atoms with E-state index in [9.17, 15) is 9.59 Å². The van der Waals surface area contributed by atoms with Crippen molar-refractivity contribution < 1.29 is 14.3 Å². The van der Waals surface area contributed by atoms with Crippen LogP contribution in [-0.2, 0) is 20.7 Å². The molecule has 0 N–H and O–H groups in total. The summed E-state index contributed by atoms with van der Waals surface area (Å²) in [6.45, 7) is 10.1. The third-order valence-corrected chi connectivity index (χ3v) is 4.61. The predicted octanol–water partition coefficient (Wildman–Crippen LogP) is 3.48. The molecule has 0 aliphatic heterocycles. The molecular formula is C19H24O3. The Labute approximate surface area is 132 Å². The Hall–Kier alpha value is -1.90. The van der Waals surface area contributed by atoms with Crippen molar-refractivity contribution >= 4 is 11.8 Å². The molecule has 1 saturated carbocycles. The number of aryl methyl sites for hydroxylation is 3. The van der Waals surface area contributed by atoms with E-state index in [2.05, 4.69) is 25.6 Å². The molecule has 2 rings (SSSR count). The second-order valence-corrected chi connectivity index (χ2v) is 6.41. The van der Waals surface area contributed by atoms with E-state index in [1.807, 2.05) is 13.8 Å². The van der Waals surface area contributed by atoms with E-state index < -0.39 is 0 Å². The van der Waals surface area contributed by atoms with Gasteiger partial charge in [-0.25, -0.2) is 0 Å². The van der Waals surface area contributed by atoms with Crippen LogP contribution in [0.4, 0.5) is 0 Å². The summed E-state index contributed by atoms with van der Waals surface area (Å²) in [6.07, 6.45) is 1.54. The fourth-order valence-electron chi connectivity index (χ4n) is 3.52. The molecule has 1 fully saturated rings. The van der Waals surface area contributed by atoms with Crippen LogP contribution in [-0.4, -0.2) is 18.9 Å². The maximum absolute atomic E-state index is 12.7. The molecule has 1 aliphatic rings. The smallest absolute Gasteiger partial charge is 0.309 e. The zero-order valence-corrected chi connectivity index (χ0v) is 13.9. The monoisotopic (exact) mass is 300 g/mol. The summed E-state index contributed by atoms with van der Waals surface area (Å²) >= 11 is 0. The Morgan fingerprint density at radius 1 is 1.14 bits per heavy atom. The van der Waals surface area contributed by atoms with Gasteiger partial charge in [-0.15, -0.1) is 0 Å². The number of hydrogen-bond acceptors (Lipinski definition) is 3. The fourth-order valence-corrected chi connectivity index (χ4v) is 3.52. The van der Waals surface area contributed by atoms with Crippen LogP contribution < -0.4 is 0 Å². The van der Waals surface area contributed by atoms with Crippen molar-refractivity contribution in [3.8, 4) is 0 Å². The molecule has 0 radical (unpaired) electrons. The molecule has 0 unspecified atom stereocenters. The van der Waals surface area contributed by atoms with Crippen molar-refractivity contribution in [2.75, 3.05) is 7.11 Å². The van der Waals surface area contributed by atoms with Crippen molar-refractivity contribution in [3.63, 3.8) is 0 Å². The maximum Gasteiger partial charge on any atom is 0.309 e. The molecule has 0 aromatic heterocycles. The first-order valence-corrected chi connectivity index (χ1v) is 7.67. The van der Waals surface area contributed by atoms with Gasteiger partial charge >= 0.3 is 5.97 Å². The summed E-state index contributed by atoms with van der Waals surface area (Å²) in [5.74, 6) is -0.838. The Morgan fingerprint density at radius 3 is 2.23 bits per heavy atom. The van der Waals surface area contributed by atoms with Gasteiger partial charge in [-0.05, 0) is 50.3 Å². The van der Waals surface area contributed by atoms with Crippen LogP contribution in [0.25, 0.3) is 0 Å². The van der Waals surface area contributed by atoms with Crippen LogP contribution in [0.15, 0.2) is 24.3 Å². The van der Waals surface area contributed by atoms with Gasteiger partial charge in [-0.3, -0.25) is 9.59 Å². The largest absolute Gasteiger partial charge is 0.469 e. The summed E-state index contributed by atoms with van der Waals surface area (Å²) in [6, 6.07) is 4.20. The highest BCUT2D eigenvalue weighted by Gasteiger charge is 2.40. The molecule has 0 bridgehead atoms. The predicted molar refractivity (Wildman–Crippen MR) is 86.7 cm³/mol. The topological polar surface area (TPSA) is 43.4 Å². The second-order valence-electron chi connectivity index (χ2n) is 6.41. The van der Waals surface area contributed by atoms with Gasteiger partial charge in [0, 0.05) is 12.3 Å². The van der Waals surface area contributed by atoms with Crippen LogP contribution in [0, 0.1) is 32.6 Å². The van der Waals surface area contributed by atoms with E-state index in [1.165, 1.54) is 12.7 Å². The lowest BCUT2D eigenvalue weighted by atomic mass is 9.86. The number of hydrogen-bond donors (Lipinski definition) is 0. The minimum atomic E-state index is -0.365. The molecule has 0 amide bonds. The molecule has 3 nitrogen and oxygen atoms in total. The molecule has 0 heterocycles. The molecule has 0 saturated heterocycles. The van der Waals surface area contributed by atoms with Crippen LogP contribution in [0.5, 0.6) is 0 Å². The Balaban J connectivity index is 2.22. The molecule has 3 heteroatoms. The zero-order valence-electron chi connectivity index (χ0n) is 13.9. The van der Waals surface area contributed by atoms with E-state index >= 15 is 0 Å². The number of esters is 1. The fraction of sp³-hybridized carbons (Fsp3) is 0.474. The van der Waals surface area contributed by atoms with Gasteiger partial charge in [0.1, 0.15) is 5.78 Å². The van der Waals surface area contributed by atoms with Gasteiger partial charge in [0.05, 0.1) is 13.0 Å². The third kappa shape index (κ3) is 3.29. The first-order valence-electron chi connectivity index (χ1n) is 7.67. The number of benzene rings is 1. The number of carbonyl (C=O) groups is 2. The molecule has 118 valence electrons. The van der Waals surface area contributed by atoms with E-state index in [0.717, 1.165) is 22.3 Å². The Kier molecular flexibility index (Phi) is 4.84. The summed E-state index contributed by atoms with van der Waals surface area (Å²) in [5, 5.41) is 0. The normalized spacial score (nSPS) is 21.0. The number of carbonyl (C=O) groups excluding carboxylic acids is 2. The summed E-state index contributed by atoms with van der Waals surface area (Å²) < 4.78 is 4.84. The summed E-state index contributed by atoms with van der Waals surface area (Å²) in [5.41, 5.74) is 5.52. The number of ether oxygens (including phenoxy) is 1. The summed E-state index contributed by atoms with van der Waals surface area (Å²) in [7, 11) is 1.37. The highest BCUT2D eigenvalue weighted by atomic mass is 16.5. The Morgan fingerprint density at radius 2 is 1.68 bits per heavy atom. The standard InChI is InChI=1S/C19H24O3/c1-11-6-13(3)15(14(4)7-11)10-18(20)16-8-12(2)9-17(16)19(21)22-5/h6-7,16-17H,2,8-10H2,1,3-5H3/t16-,17+/m0/s1.